The first-order chi connectivity index (χ1) is 12.4. The first-order valence-corrected chi connectivity index (χ1v) is 9.31. The Bertz CT molecular complexity index is 668. The van der Waals surface area contributed by atoms with Crippen LogP contribution in [0.3, 0.4) is 0 Å². The Balaban J connectivity index is 1.89. The Labute approximate surface area is 161 Å². The molecule has 0 saturated carbocycles. The van der Waals surface area contributed by atoms with Crippen molar-refractivity contribution in [1.82, 2.24) is 10.2 Å². The normalized spacial score (nSPS) is 16.7. The van der Waals surface area contributed by atoms with E-state index >= 15 is 0 Å². The number of nitrogens with zero attached hydrogens (tertiary/aromatic N) is 2. The Hall–Kier alpha value is -1.93. The van der Waals surface area contributed by atoms with Crippen LogP contribution in [-0.2, 0) is 19.1 Å². The highest BCUT2D eigenvalue weighted by atomic mass is 79.9. The summed E-state index contributed by atoms with van der Waals surface area (Å²) < 4.78 is 5.79. The third-order valence-electron chi connectivity index (χ3n) is 4.23. The molecule has 1 atom stereocenters. The quantitative estimate of drug-likeness (QED) is 0.504. The molecule has 26 heavy (non-hydrogen) atoms. The standard InChI is InChI=1S/C18H24BrN3O4/c1-21(12-16(23)20-8-4-10-26-2)17(24)15-7-9-22(18(15)25)14-6-3-5-13(19)11-14/h3,5-6,11,15H,4,7-10,12H2,1-2H3,(H,20,23). The van der Waals surface area contributed by atoms with Gasteiger partial charge in [0.05, 0.1) is 6.54 Å². The van der Waals surface area contributed by atoms with Gasteiger partial charge in [0, 0.05) is 44.0 Å². The molecule has 1 saturated heterocycles. The van der Waals surface area contributed by atoms with Crippen molar-refractivity contribution in [2.45, 2.75) is 12.8 Å². The van der Waals surface area contributed by atoms with Gasteiger partial charge >= 0.3 is 0 Å². The molecular weight excluding hydrogens is 402 g/mol. The second kappa shape index (κ2) is 9.68. The number of hydrogen-bond acceptors (Lipinski definition) is 4. The Morgan fingerprint density at radius 2 is 2.19 bits per heavy atom. The van der Waals surface area contributed by atoms with E-state index in [1.165, 1.54) is 4.90 Å². The molecule has 0 radical (unpaired) electrons. The molecule has 1 unspecified atom stereocenters. The van der Waals surface area contributed by atoms with Crippen LogP contribution in [0.25, 0.3) is 0 Å². The monoisotopic (exact) mass is 425 g/mol. The highest BCUT2D eigenvalue weighted by Gasteiger charge is 2.39. The van der Waals surface area contributed by atoms with Crippen LogP contribution in [0.4, 0.5) is 5.69 Å². The number of likely N-dealkylation sites (N-methyl/N-ethyl adjacent to an activating group) is 1. The van der Waals surface area contributed by atoms with E-state index in [1.807, 2.05) is 24.3 Å². The number of methoxy groups -OCH3 is 1. The molecule has 7 nitrogen and oxygen atoms in total. The van der Waals surface area contributed by atoms with Crippen molar-refractivity contribution < 1.29 is 19.1 Å². The minimum Gasteiger partial charge on any atom is -0.385 e. The molecule has 1 aliphatic heterocycles. The number of ether oxygens (including phenoxy) is 1. The molecule has 0 bridgehead atoms. The van der Waals surface area contributed by atoms with Crippen molar-refractivity contribution in [3.8, 4) is 0 Å². The van der Waals surface area contributed by atoms with Gasteiger partial charge in [0.1, 0.15) is 5.92 Å². The summed E-state index contributed by atoms with van der Waals surface area (Å²) in [6.45, 7) is 1.49. The van der Waals surface area contributed by atoms with E-state index in [4.69, 9.17) is 4.74 Å². The van der Waals surface area contributed by atoms with Crippen LogP contribution < -0.4 is 10.2 Å². The molecule has 2 rings (SSSR count). The summed E-state index contributed by atoms with van der Waals surface area (Å²) in [5.41, 5.74) is 0.762. The summed E-state index contributed by atoms with van der Waals surface area (Å²) in [4.78, 5) is 40.1. The van der Waals surface area contributed by atoms with Crippen LogP contribution in [0.15, 0.2) is 28.7 Å². The second-order valence-electron chi connectivity index (χ2n) is 6.20. The molecule has 142 valence electrons. The molecule has 1 heterocycles. The lowest BCUT2D eigenvalue weighted by Crippen LogP contribution is -2.43. The maximum Gasteiger partial charge on any atom is 0.239 e. The summed E-state index contributed by atoms with van der Waals surface area (Å²) in [6.07, 6.45) is 1.16. The van der Waals surface area contributed by atoms with Crippen molar-refractivity contribution in [1.29, 1.82) is 0 Å². The average Bonchev–Trinajstić information content (AvgIpc) is 2.99. The molecular formula is C18H24BrN3O4. The number of anilines is 1. The number of amides is 3. The van der Waals surface area contributed by atoms with Crippen molar-refractivity contribution in [2.24, 2.45) is 5.92 Å². The molecule has 8 heteroatoms. The van der Waals surface area contributed by atoms with Crippen LogP contribution in [0.5, 0.6) is 0 Å². The van der Waals surface area contributed by atoms with E-state index in [1.54, 1.807) is 19.1 Å². The number of hydrogen-bond donors (Lipinski definition) is 1. The van der Waals surface area contributed by atoms with Crippen molar-refractivity contribution in [3.63, 3.8) is 0 Å². The maximum absolute atomic E-state index is 12.6. The minimum absolute atomic E-state index is 0.0630. The molecule has 1 aliphatic rings. The zero-order valence-electron chi connectivity index (χ0n) is 15.0. The van der Waals surface area contributed by atoms with Gasteiger partial charge < -0.3 is 19.9 Å². The summed E-state index contributed by atoms with van der Waals surface area (Å²) >= 11 is 3.39. The molecule has 1 aromatic carbocycles. The average molecular weight is 426 g/mol. The van der Waals surface area contributed by atoms with E-state index in [2.05, 4.69) is 21.2 Å². The Morgan fingerprint density at radius 1 is 1.42 bits per heavy atom. The molecule has 3 amide bonds. The Kier molecular flexibility index (Phi) is 7.59. The van der Waals surface area contributed by atoms with E-state index in [-0.39, 0.29) is 24.3 Å². The van der Waals surface area contributed by atoms with E-state index in [0.29, 0.717) is 32.5 Å². The van der Waals surface area contributed by atoms with Gasteiger partial charge in [-0.2, -0.15) is 0 Å². The third-order valence-corrected chi connectivity index (χ3v) is 4.72. The van der Waals surface area contributed by atoms with Crippen LogP contribution in [0, 0.1) is 5.92 Å². The highest BCUT2D eigenvalue weighted by molar-refractivity contribution is 9.10. The van der Waals surface area contributed by atoms with E-state index in [9.17, 15) is 14.4 Å². The number of rotatable bonds is 8. The molecule has 0 aliphatic carbocycles. The number of nitrogens with one attached hydrogen (secondary N) is 1. The van der Waals surface area contributed by atoms with Crippen molar-refractivity contribution in [3.05, 3.63) is 28.7 Å². The summed E-state index contributed by atoms with van der Waals surface area (Å²) in [5.74, 6) is -1.52. The minimum atomic E-state index is -0.736. The zero-order valence-corrected chi connectivity index (χ0v) is 16.6. The van der Waals surface area contributed by atoms with Gasteiger partial charge in [0.25, 0.3) is 0 Å². The van der Waals surface area contributed by atoms with Gasteiger partial charge in [-0.15, -0.1) is 0 Å². The fraction of sp³-hybridized carbons (Fsp3) is 0.500. The van der Waals surface area contributed by atoms with Crippen LogP contribution >= 0.6 is 15.9 Å². The molecule has 0 aromatic heterocycles. The summed E-state index contributed by atoms with van der Waals surface area (Å²) in [6, 6.07) is 7.42. The lowest BCUT2D eigenvalue weighted by atomic mass is 10.1. The summed E-state index contributed by atoms with van der Waals surface area (Å²) in [7, 11) is 3.15. The smallest absolute Gasteiger partial charge is 0.239 e. The van der Waals surface area contributed by atoms with Gasteiger partial charge in [-0.05, 0) is 31.0 Å². The fourth-order valence-electron chi connectivity index (χ4n) is 2.87. The van der Waals surface area contributed by atoms with Gasteiger partial charge in [-0.25, -0.2) is 0 Å². The maximum atomic E-state index is 12.6. The Morgan fingerprint density at radius 3 is 2.88 bits per heavy atom. The first kappa shape index (κ1) is 20.4. The molecule has 1 aromatic rings. The lowest BCUT2D eigenvalue weighted by molar-refractivity contribution is -0.141. The highest BCUT2D eigenvalue weighted by Crippen LogP contribution is 2.28. The summed E-state index contributed by atoms with van der Waals surface area (Å²) in [5, 5.41) is 2.73. The van der Waals surface area contributed by atoms with Gasteiger partial charge in [0.2, 0.25) is 17.7 Å². The van der Waals surface area contributed by atoms with Gasteiger partial charge in [-0.3, -0.25) is 14.4 Å². The first-order valence-electron chi connectivity index (χ1n) is 8.51. The van der Waals surface area contributed by atoms with Crippen LogP contribution in [0.2, 0.25) is 0 Å². The number of carbonyl (C=O) groups excluding carboxylic acids is 3. The van der Waals surface area contributed by atoms with Gasteiger partial charge in [-0.1, -0.05) is 22.0 Å². The molecule has 1 fully saturated rings. The predicted molar refractivity (Wildman–Crippen MR) is 102 cm³/mol. The van der Waals surface area contributed by atoms with Crippen LogP contribution in [-0.4, -0.2) is 63.0 Å². The van der Waals surface area contributed by atoms with Gasteiger partial charge in [0.15, 0.2) is 0 Å². The number of halogens is 1. The zero-order chi connectivity index (χ0) is 19.1. The van der Waals surface area contributed by atoms with E-state index < -0.39 is 5.92 Å². The molecule has 0 spiro atoms. The topological polar surface area (TPSA) is 79.0 Å². The fourth-order valence-corrected chi connectivity index (χ4v) is 3.26. The van der Waals surface area contributed by atoms with Crippen molar-refractivity contribution >= 4 is 39.3 Å². The third kappa shape index (κ3) is 5.28. The number of carbonyl (C=O) groups is 3. The van der Waals surface area contributed by atoms with Crippen molar-refractivity contribution in [2.75, 3.05) is 45.3 Å². The SMILES string of the molecule is COCCCNC(=O)CN(C)C(=O)C1CCN(c2cccc(Br)c2)C1=O. The second-order valence-corrected chi connectivity index (χ2v) is 7.12. The predicted octanol–water partition coefficient (Wildman–Crippen LogP) is 1.41. The number of benzene rings is 1. The largest absolute Gasteiger partial charge is 0.385 e. The van der Waals surface area contributed by atoms with E-state index in [0.717, 1.165) is 10.2 Å². The lowest BCUT2D eigenvalue weighted by Gasteiger charge is -2.21. The van der Waals surface area contributed by atoms with Crippen LogP contribution in [0.1, 0.15) is 12.8 Å². The molecule has 1 N–H and O–H groups in total.